The first-order chi connectivity index (χ1) is 15.7. The first kappa shape index (κ1) is 23.4. The standard InChI is InChI=1S/C22H25N5O4S2/c1-14(21(29)25-22-19(20(24)28)16-6-4-7-17(16)32-22)26-9-11-27(12-10-26)33(30,31)18-8-3-2-5-15(18)13-23/h2-3,5,8,14H,4,6-7,9-12H2,1H3,(H2,24,28)(H,25,29)/t14-/m1/s1. The number of aryl methyl sites for hydroxylation is 1. The highest BCUT2D eigenvalue weighted by Gasteiger charge is 2.34. The van der Waals surface area contributed by atoms with Crippen LogP contribution in [-0.2, 0) is 27.7 Å². The molecule has 2 aromatic rings. The van der Waals surface area contributed by atoms with Crippen LogP contribution in [0.15, 0.2) is 29.2 Å². The molecule has 0 spiro atoms. The van der Waals surface area contributed by atoms with E-state index < -0.39 is 22.0 Å². The summed E-state index contributed by atoms with van der Waals surface area (Å²) in [4.78, 5) is 27.9. The van der Waals surface area contributed by atoms with Crippen LogP contribution in [0.5, 0.6) is 0 Å². The lowest BCUT2D eigenvalue weighted by molar-refractivity contribution is -0.121. The average Bonchev–Trinajstić information content (AvgIpc) is 3.39. The van der Waals surface area contributed by atoms with Crippen molar-refractivity contribution in [3.05, 3.63) is 45.8 Å². The van der Waals surface area contributed by atoms with E-state index in [0.717, 1.165) is 29.7 Å². The number of benzene rings is 1. The Morgan fingerprint density at radius 2 is 1.88 bits per heavy atom. The number of anilines is 1. The zero-order valence-corrected chi connectivity index (χ0v) is 19.8. The molecule has 3 N–H and O–H groups in total. The van der Waals surface area contributed by atoms with Crippen LogP contribution in [0.1, 0.15) is 39.7 Å². The number of nitrogens with one attached hydrogen (secondary N) is 1. The molecule has 174 valence electrons. The van der Waals surface area contributed by atoms with E-state index in [4.69, 9.17) is 5.73 Å². The molecule has 4 rings (SSSR count). The van der Waals surface area contributed by atoms with Crippen LogP contribution in [0.25, 0.3) is 0 Å². The van der Waals surface area contributed by atoms with Crippen molar-refractivity contribution in [2.45, 2.75) is 37.1 Å². The molecule has 1 aliphatic carbocycles. The van der Waals surface area contributed by atoms with Gasteiger partial charge in [0.05, 0.1) is 22.1 Å². The van der Waals surface area contributed by atoms with E-state index in [2.05, 4.69) is 5.32 Å². The van der Waals surface area contributed by atoms with Gasteiger partial charge in [0.2, 0.25) is 15.9 Å². The van der Waals surface area contributed by atoms with Crippen molar-refractivity contribution in [1.82, 2.24) is 9.21 Å². The van der Waals surface area contributed by atoms with Crippen LogP contribution >= 0.6 is 11.3 Å². The minimum absolute atomic E-state index is 0.00327. The summed E-state index contributed by atoms with van der Waals surface area (Å²) in [7, 11) is -3.80. The van der Waals surface area contributed by atoms with Crippen molar-refractivity contribution >= 4 is 38.2 Å². The topological polar surface area (TPSA) is 137 Å². The average molecular weight is 488 g/mol. The summed E-state index contributed by atoms with van der Waals surface area (Å²) in [6.07, 6.45) is 2.66. The highest BCUT2D eigenvalue weighted by molar-refractivity contribution is 7.89. The molecule has 1 aliphatic heterocycles. The second-order valence-corrected chi connectivity index (χ2v) is 11.2. The van der Waals surface area contributed by atoms with Gasteiger partial charge in [0, 0.05) is 31.1 Å². The maximum absolute atomic E-state index is 13.0. The third kappa shape index (κ3) is 4.39. The summed E-state index contributed by atoms with van der Waals surface area (Å²) < 4.78 is 27.4. The predicted octanol–water partition coefficient (Wildman–Crippen LogP) is 1.54. The highest BCUT2D eigenvalue weighted by Crippen LogP contribution is 2.39. The number of piperazine rings is 1. The molecular formula is C22H25N5O4S2. The fraction of sp³-hybridized carbons (Fsp3) is 0.409. The van der Waals surface area contributed by atoms with Crippen LogP contribution < -0.4 is 11.1 Å². The van der Waals surface area contributed by atoms with Crippen LogP contribution in [-0.4, -0.2) is 61.7 Å². The minimum atomic E-state index is -3.80. The monoisotopic (exact) mass is 487 g/mol. The summed E-state index contributed by atoms with van der Waals surface area (Å²) in [5.74, 6) is -0.794. The maximum Gasteiger partial charge on any atom is 0.251 e. The first-order valence-electron chi connectivity index (χ1n) is 10.7. The molecule has 2 heterocycles. The maximum atomic E-state index is 13.0. The number of hydrogen-bond donors (Lipinski definition) is 2. The van der Waals surface area contributed by atoms with Gasteiger partial charge in [0.15, 0.2) is 0 Å². The van der Waals surface area contributed by atoms with Crippen molar-refractivity contribution in [2.24, 2.45) is 5.73 Å². The van der Waals surface area contributed by atoms with Crippen molar-refractivity contribution in [3.8, 4) is 6.07 Å². The summed E-state index contributed by atoms with van der Waals surface area (Å²) in [6, 6.07) is 7.56. The summed E-state index contributed by atoms with van der Waals surface area (Å²) in [5, 5.41) is 12.6. The number of hydrogen-bond acceptors (Lipinski definition) is 7. The van der Waals surface area contributed by atoms with Crippen molar-refractivity contribution in [2.75, 3.05) is 31.5 Å². The number of primary amides is 1. The highest BCUT2D eigenvalue weighted by atomic mass is 32.2. The normalized spacial score (nSPS) is 17.8. The number of carbonyl (C=O) groups is 2. The molecule has 0 unspecified atom stereocenters. The lowest BCUT2D eigenvalue weighted by Crippen LogP contribution is -2.54. The van der Waals surface area contributed by atoms with E-state index in [1.807, 2.05) is 11.0 Å². The number of nitriles is 1. The van der Waals surface area contributed by atoms with Gasteiger partial charge in [-0.25, -0.2) is 8.42 Å². The van der Waals surface area contributed by atoms with Crippen molar-refractivity contribution < 1.29 is 18.0 Å². The Morgan fingerprint density at radius 1 is 1.18 bits per heavy atom. The largest absolute Gasteiger partial charge is 0.365 e. The Kier molecular flexibility index (Phi) is 6.54. The van der Waals surface area contributed by atoms with E-state index in [1.165, 1.54) is 27.8 Å². The SMILES string of the molecule is C[C@H](C(=O)Nc1sc2c(c1C(N)=O)CCC2)N1CCN(S(=O)(=O)c2ccccc2C#N)CC1. The van der Waals surface area contributed by atoms with E-state index in [-0.39, 0.29) is 29.5 Å². The smallest absolute Gasteiger partial charge is 0.251 e. The predicted molar refractivity (Wildman–Crippen MR) is 124 cm³/mol. The van der Waals surface area contributed by atoms with E-state index in [1.54, 1.807) is 19.1 Å². The third-order valence-electron chi connectivity index (χ3n) is 6.23. The second kappa shape index (κ2) is 9.23. The number of rotatable bonds is 6. The Balaban J connectivity index is 1.42. The Bertz CT molecular complexity index is 1240. The molecule has 1 saturated heterocycles. The van der Waals surface area contributed by atoms with Crippen LogP contribution in [0.3, 0.4) is 0 Å². The first-order valence-corrected chi connectivity index (χ1v) is 13.0. The third-order valence-corrected chi connectivity index (χ3v) is 9.39. The molecule has 0 saturated carbocycles. The van der Waals surface area contributed by atoms with Crippen molar-refractivity contribution in [3.63, 3.8) is 0 Å². The molecular weight excluding hydrogens is 462 g/mol. The van der Waals surface area contributed by atoms with Gasteiger partial charge in [-0.05, 0) is 43.9 Å². The molecule has 9 nitrogen and oxygen atoms in total. The van der Waals surface area contributed by atoms with Gasteiger partial charge >= 0.3 is 0 Å². The fourth-order valence-corrected chi connectivity index (χ4v) is 7.25. The fourth-order valence-electron chi connectivity index (χ4n) is 4.39. The van der Waals surface area contributed by atoms with Gasteiger partial charge in [0.1, 0.15) is 11.1 Å². The van der Waals surface area contributed by atoms with Crippen molar-refractivity contribution in [1.29, 1.82) is 5.26 Å². The molecule has 1 aromatic heterocycles. The zero-order chi connectivity index (χ0) is 23.8. The Morgan fingerprint density at radius 3 is 2.55 bits per heavy atom. The number of fused-ring (bicyclic) bond motifs is 1. The summed E-state index contributed by atoms with van der Waals surface area (Å²) >= 11 is 1.41. The van der Waals surface area contributed by atoms with Crippen LogP contribution in [0.2, 0.25) is 0 Å². The molecule has 11 heteroatoms. The molecule has 0 bridgehead atoms. The molecule has 1 aromatic carbocycles. The summed E-state index contributed by atoms with van der Waals surface area (Å²) in [5.41, 5.74) is 7.05. The number of thiophene rings is 1. The molecule has 33 heavy (non-hydrogen) atoms. The number of nitrogens with two attached hydrogens (primary N) is 1. The quantitative estimate of drug-likeness (QED) is 0.634. The molecule has 2 aliphatic rings. The number of carbonyl (C=O) groups excluding carboxylic acids is 2. The number of nitrogens with zero attached hydrogens (tertiary/aromatic N) is 3. The van der Waals surface area contributed by atoms with Gasteiger partial charge in [-0.15, -0.1) is 11.3 Å². The number of amides is 2. The Labute approximate surface area is 196 Å². The zero-order valence-electron chi connectivity index (χ0n) is 18.2. The van der Waals surface area contributed by atoms with Gasteiger partial charge in [0.25, 0.3) is 5.91 Å². The minimum Gasteiger partial charge on any atom is -0.365 e. The second-order valence-electron chi connectivity index (χ2n) is 8.14. The number of sulfonamides is 1. The lowest BCUT2D eigenvalue weighted by Gasteiger charge is -2.36. The van der Waals surface area contributed by atoms with Crippen LogP contribution in [0.4, 0.5) is 5.00 Å². The lowest BCUT2D eigenvalue weighted by atomic mass is 10.1. The molecule has 0 radical (unpaired) electrons. The van der Waals surface area contributed by atoms with E-state index in [9.17, 15) is 23.3 Å². The van der Waals surface area contributed by atoms with Gasteiger partial charge in [-0.2, -0.15) is 9.57 Å². The van der Waals surface area contributed by atoms with Gasteiger partial charge in [-0.3, -0.25) is 14.5 Å². The summed E-state index contributed by atoms with van der Waals surface area (Å²) in [6.45, 7) is 2.91. The molecule has 2 amide bonds. The molecule has 1 fully saturated rings. The van der Waals surface area contributed by atoms with Gasteiger partial charge < -0.3 is 11.1 Å². The van der Waals surface area contributed by atoms with Gasteiger partial charge in [-0.1, -0.05) is 12.1 Å². The van der Waals surface area contributed by atoms with Crippen LogP contribution in [0, 0.1) is 11.3 Å². The van der Waals surface area contributed by atoms with E-state index >= 15 is 0 Å². The molecule has 1 atom stereocenters. The Hall–Kier alpha value is -2.78. The van der Waals surface area contributed by atoms with E-state index in [0.29, 0.717) is 23.7 Å².